The van der Waals surface area contributed by atoms with Gasteiger partial charge in [0.2, 0.25) is 0 Å². The van der Waals surface area contributed by atoms with E-state index in [-0.39, 0.29) is 17.4 Å². The Morgan fingerprint density at radius 2 is 1.58 bits per heavy atom. The maximum atomic E-state index is 12.9. The van der Waals surface area contributed by atoms with E-state index in [1.54, 1.807) is 0 Å². The molecule has 0 N–H and O–H groups in total. The molecular weight excluding hydrogens is 298 g/mol. The lowest BCUT2D eigenvalue weighted by atomic mass is 9.87. The highest BCUT2D eigenvalue weighted by molar-refractivity contribution is 6.07. The molecule has 2 aromatic carbocycles. The van der Waals surface area contributed by atoms with Crippen molar-refractivity contribution in [3.05, 3.63) is 72.0 Å². The first-order valence-electron chi connectivity index (χ1n) is 8.25. The number of benzene rings is 2. The Morgan fingerprint density at radius 1 is 1.00 bits per heavy atom. The molecule has 0 radical (unpaired) electrons. The molecule has 0 aliphatic carbocycles. The Morgan fingerprint density at radius 3 is 2.17 bits per heavy atom. The van der Waals surface area contributed by atoms with E-state index in [1.165, 1.54) is 0 Å². The van der Waals surface area contributed by atoms with Gasteiger partial charge in [-0.15, -0.1) is 0 Å². The van der Waals surface area contributed by atoms with Crippen molar-refractivity contribution >= 4 is 17.7 Å². The van der Waals surface area contributed by atoms with Crippen LogP contribution in [0.25, 0.3) is 6.08 Å². The van der Waals surface area contributed by atoms with Crippen LogP contribution in [-0.2, 0) is 9.53 Å². The van der Waals surface area contributed by atoms with Crippen molar-refractivity contribution in [3.63, 3.8) is 0 Å². The predicted molar refractivity (Wildman–Crippen MR) is 97.5 cm³/mol. The van der Waals surface area contributed by atoms with Crippen LogP contribution >= 0.6 is 0 Å². The Hall–Kier alpha value is -2.55. The number of hydrogen-bond acceptors (Lipinski definition) is 2. The third-order valence-electron chi connectivity index (χ3n) is 4.20. The number of nitrogens with zero attached hydrogens (tertiary/aromatic N) is 1. The van der Waals surface area contributed by atoms with E-state index in [9.17, 15) is 4.79 Å². The average molecular weight is 321 g/mol. The zero-order valence-corrected chi connectivity index (χ0v) is 14.4. The van der Waals surface area contributed by atoms with Crippen LogP contribution < -0.4 is 4.90 Å². The highest BCUT2D eigenvalue weighted by atomic mass is 16.5. The molecule has 0 saturated carbocycles. The van der Waals surface area contributed by atoms with Crippen LogP contribution in [0.15, 0.2) is 66.4 Å². The van der Waals surface area contributed by atoms with Crippen LogP contribution in [0.1, 0.15) is 26.3 Å². The van der Waals surface area contributed by atoms with Crippen LogP contribution in [0.5, 0.6) is 0 Å². The number of para-hydroxylation sites is 1. The van der Waals surface area contributed by atoms with Crippen LogP contribution in [0, 0.1) is 5.41 Å². The summed E-state index contributed by atoms with van der Waals surface area (Å²) in [4.78, 5) is 14.7. The van der Waals surface area contributed by atoms with E-state index in [2.05, 4.69) is 20.8 Å². The smallest absolute Gasteiger partial charge is 0.293 e. The van der Waals surface area contributed by atoms with Gasteiger partial charge in [-0.05, 0) is 23.8 Å². The minimum absolute atomic E-state index is 0.0645. The van der Waals surface area contributed by atoms with Gasteiger partial charge in [0.15, 0.2) is 5.76 Å². The van der Waals surface area contributed by atoms with Gasteiger partial charge in [-0.25, -0.2) is 0 Å². The van der Waals surface area contributed by atoms with Gasteiger partial charge in [-0.1, -0.05) is 69.3 Å². The SMILES string of the molecule is CC(C)(C)C1CN(c2ccccc2)C(=O)C(=Cc2ccccc2)O1. The fraction of sp³-hybridized carbons (Fsp3) is 0.286. The number of morpholine rings is 1. The zero-order valence-electron chi connectivity index (χ0n) is 14.4. The molecule has 0 spiro atoms. The summed E-state index contributed by atoms with van der Waals surface area (Å²) in [6.45, 7) is 6.96. The maximum Gasteiger partial charge on any atom is 0.293 e. The van der Waals surface area contributed by atoms with Gasteiger partial charge in [-0.3, -0.25) is 4.79 Å². The fourth-order valence-electron chi connectivity index (χ4n) is 2.70. The molecule has 3 rings (SSSR count). The number of carbonyl (C=O) groups is 1. The highest BCUT2D eigenvalue weighted by Crippen LogP contribution is 2.32. The van der Waals surface area contributed by atoms with Crippen LogP contribution in [-0.4, -0.2) is 18.6 Å². The van der Waals surface area contributed by atoms with Crippen molar-refractivity contribution in [2.75, 3.05) is 11.4 Å². The number of ether oxygens (including phenoxy) is 1. The van der Waals surface area contributed by atoms with Gasteiger partial charge in [-0.2, -0.15) is 0 Å². The largest absolute Gasteiger partial charge is 0.482 e. The van der Waals surface area contributed by atoms with E-state index >= 15 is 0 Å². The lowest BCUT2D eigenvalue weighted by Gasteiger charge is -2.40. The molecule has 0 aromatic heterocycles. The van der Waals surface area contributed by atoms with Gasteiger partial charge < -0.3 is 9.64 Å². The third-order valence-corrected chi connectivity index (χ3v) is 4.20. The molecule has 0 bridgehead atoms. The molecule has 1 heterocycles. The molecule has 1 unspecified atom stereocenters. The number of rotatable bonds is 2. The summed E-state index contributed by atoms with van der Waals surface area (Å²) in [6, 6.07) is 19.6. The molecule has 3 heteroatoms. The third kappa shape index (κ3) is 3.51. The number of hydrogen-bond donors (Lipinski definition) is 0. The minimum Gasteiger partial charge on any atom is -0.482 e. The first-order chi connectivity index (χ1) is 11.4. The van der Waals surface area contributed by atoms with Gasteiger partial charge >= 0.3 is 0 Å². The van der Waals surface area contributed by atoms with Crippen molar-refractivity contribution in [2.45, 2.75) is 26.9 Å². The van der Waals surface area contributed by atoms with E-state index in [4.69, 9.17) is 4.74 Å². The van der Waals surface area contributed by atoms with E-state index in [0.29, 0.717) is 12.3 Å². The molecule has 1 amide bonds. The molecule has 3 nitrogen and oxygen atoms in total. The number of anilines is 1. The molecule has 1 atom stereocenters. The van der Waals surface area contributed by atoms with Crippen molar-refractivity contribution < 1.29 is 9.53 Å². The average Bonchev–Trinajstić information content (AvgIpc) is 2.57. The summed E-state index contributed by atoms with van der Waals surface area (Å²) in [5.74, 6) is 0.307. The maximum absolute atomic E-state index is 12.9. The van der Waals surface area contributed by atoms with Gasteiger partial charge in [0.25, 0.3) is 5.91 Å². The van der Waals surface area contributed by atoms with E-state index < -0.39 is 0 Å². The van der Waals surface area contributed by atoms with Crippen LogP contribution in [0.2, 0.25) is 0 Å². The Bertz CT molecular complexity index is 729. The van der Waals surface area contributed by atoms with E-state index in [0.717, 1.165) is 11.3 Å². The molecule has 1 aliphatic heterocycles. The topological polar surface area (TPSA) is 29.5 Å². The molecule has 1 aliphatic rings. The zero-order chi connectivity index (χ0) is 17.2. The van der Waals surface area contributed by atoms with Crippen molar-refractivity contribution in [2.24, 2.45) is 5.41 Å². The van der Waals surface area contributed by atoms with Crippen LogP contribution in [0.4, 0.5) is 5.69 Å². The molecule has 1 fully saturated rings. The second-order valence-electron chi connectivity index (χ2n) is 7.14. The highest BCUT2D eigenvalue weighted by Gasteiger charge is 2.38. The quantitative estimate of drug-likeness (QED) is 0.762. The second-order valence-corrected chi connectivity index (χ2v) is 7.14. The molecule has 1 saturated heterocycles. The fourth-order valence-corrected chi connectivity index (χ4v) is 2.70. The summed E-state index contributed by atoms with van der Waals surface area (Å²) < 4.78 is 6.09. The second kappa shape index (κ2) is 6.52. The summed E-state index contributed by atoms with van der Waals surface area (Å²) >= 11 is 0. The normalized spacial score (nSPS) is 20.1. The van der Waals surface area contributed by atoms with Crippen molar-refractivity contribution in [1.29, 1.82) is 0 Å². The Balaban J connectivity index is 1.99. The monoisotopic (exact) mass is 321 g/mol. The molecule has 24 heavy (non-hydrogen) atoms. The van der Waals surface area contributed by atoms with Gasteiger partial charge in [0.05, 0.1) is 6.54 Å². The van der Waals surface area contributed by atoms with Crippen molar-refractivity contribution in [1.82, 2.24) is 0 Å². The lowest BCUT2D eigenvalue weighted by molar-refractivity contribution is -0.124. The van der Waals surface area contributed by atoms with Gasteiger partial charge in [0, 0.05) is 11.1 Å². The molecular formula is C21H23NO2. The Labute approximate surface area is 143 Å². The standard InChI is InChI=1S/C21H23NO2/c1-21(2,3)19-15-22(17-12-8-5-9-13-17)20(23)18(24-19)14-16-10-6-4-7-11-16/h4-14,19H,15H2,1-3H3. The lowest BCUT2D eigenvalue weighted by Crippen LogP contribution is -2.50. The summed E-state index contributed by atoms with van der Waals surface area (Å²) in [6.07, 6.45) is 1.77. The first kappa shape index (κ1) is 16.3. The summed E-state index contributed by atoms with van der Waals surface area (Å²) in [5, 5.41) is 0. The molecule has 124 valence electrons. The molecule has 2 aromatic rings. The van der Waals surface area contributed by atoms with Crippen molar-refractivity contribution in [3.8, 4) is 0 Å². The minimum atomic E-state index is -0.0921. The summed E-state index contributed by atoms with van der Waals surface area (Å²) in [7, 11) is 0. The summed E-state index contributed by atoms with van der Waals surface area (Å²) in [5.41, 5.74) is 1.80. The van der Waals surface area contributed by atoms with Crippen LogP contribution in [0.3, 0.4) is 0 Å². The van der Waals surface area contributed by atoms with E-state index in [1.807, 2.05) is 71.6 Å². The Kier molecular flexibility index (Phi) is 4.43. The number of carbonyl (C=O) groups excluding carboxylic acids is 1. The first-order valence-corrected chi connectivity index (χ1v) is 8.25. The van der Waals surface area contributed by atoms with Gasteiger partial charge in [0.1, 0.15) is 6.10 Å². The predicted octanol–water partition coefficient (Wildman–Crippen LogP) is 4.51. The number of amides is 1.